The third kappa shape index (κ3) is 3.40. The van der Waals surface area contributed by atoms with E-state index in [0.717, 1.165) is 23.6 Å². The Balaban J connectivity index is 2.07. The summed E-state index contributed by atoms with van der Waals surface area (Å²) < 4.78 is 10.7. The molecule has 90 valence electrons. The zero-order valence-corrected chi connectivity index (χ0v) is 10.0. The highest BCUT2D eigenvalue weighted by molar-refractivity contribution is 5.41. The molecule has 0 bridgehead atoms. The lowest BCUT2D eigenvalue weighted by atomic mass is 10.2. The van der Waals surface area contributed by atoms with Crippen LogP contribution < -0.4 is 14.8 Å². The Morgan fingerprint density at radius 1 is 1.47 bits per heavy atom. The molecule has 3 nitrogen and oxygen atoms in total. The molecule has 0 aromatic heterocycles. The van der Waals surface area contributed by atoms with Gasteiger partial charge in [-0.15, -0.1) is 6.42 Å². The number of nitrogens with one attached hydrogen (secondary N) is 1. The van der Waals surface area contributed by atoms with E-state index in [1.807, 2.05) is 18.2 Å². The van der Waals surface area contributed by atoms with Crippen molar-refractivity contribution in [2.45, 2.75) is 25.4 Å². The molecule has 3 heteroatoms. The quantitative estimate of drug-likeness (QED) is 0.759. The molecule has 1 saturated carbocycles. The van der Waals surface area contributed by atoms with Gasteiger partial charge in [0.2, 0.25) is 0 Å². The van der Waals surface area contributed by atoms with Crippen LogP contribution in [0.1, 0.15) is 18.4 Å². The number of hydrogen-bond acceptors (Lipinski definition) is 3. The van der Waals surface area contributed by atoms with Gasteiger partial charge in [0.1, 0.15) is 18.1 Å². The fraction of sp³-hybridized carbons (Fsp3) is 0.429. The van der Waals surface area contributed by atoms with Gasteiger partial charge in [0.05, 0.1) is 7.11 Å². The molecule has 1 aromatic carbocycles. The Morgan fingerprint density at radius 2 is 2.29 bits per heavy atom. The van der Waals surface area contributed by atoms with E-state index < -0.39 is 0 Å². The smallest absolute Gasteiger partial charge is 0.148 e. The SMILES string of the molecule is C#CCOc1cc(OC)ccc1CNC1CC1. The molecule has 17 heavy (non-hydrogen) atoms. The molecule has 2 rings (SSSR count). The van der Waals surface area contributed by atoms with E-state index in [-0.39, 0.29) is 6.61 Å². The van der Waals surface area contributed by atoms with Gasteiger partial charge in [-0.1, -0.05) is 12.0 Å². The Hall–Kier alpha value is -1.66. The van der Waals surface area contributed by atoms with Crippen LogP contribution in [0.25, 0.3) is 0 Å². The zero-order valence-electron chi connectivity index (χ0n) is 10.0. The summed E-state index contributed by atoms with van der Waals surface area (Å²) in [5.74, 6) is 4.06. The van der Waals surface area contributed by atoms with E-state index in [2.05, 4.69) is 11.2 Å². The van der Waals surface area contributed by atoms with E-state index in [0.29, 0.717) is 6.04 Å². The first kappa shape index (κ1) is 11.8. The van der Waals surface area contributed by atoms with Gasteiger partial charge in [0.15, 0.2) is 0 Å². The lowest BCUT2D eigenvalue weighted by Gasteiger charge is -2.12. The lowest BCUT2D eigenvalue weighted by molar-refractivity contribution is 0.358. The normalized spacial score (nSPS) is 14.1. The summed E-state index contributed by atoms with van der Waals surface area (Å²) in [5, 5.41) is 3.45. The van der Waals surface area contributed by atoms with Crippen LogP contribution in [0.15, 0.2) is 18.2 Å². The second kappa shape index (κ2) is 5.60. The van der Waals surface area contributed by atoms with Gasteiger partial charge in [0, 0.05) is 24.2 Å². The van der Waals surface area contributed by atoms with Crippen LogP contribution in [-0.2, 0) is 6.54 Å². The first-order valence-corrected chi connectivity index (χ1v) is 5.80. The van der Waals surface area contributed by atoms with Crippen molar-refractivity contribution < 1.29 is 9.47 Å². The van der Waals surface area contributed by atoms with Crippen LogP contribution in [0, 0.1) is 12.3 Å². The van der Waals surface area contributed by atoms with Gasteiger partial charge in [-0.2, -0.15) is 0 Å². The monoisotopic (exact) mass is 231 g/mol. The fourth-order valence-corrected chi connectivity index (χ4v) is 1.60. The number of rotatable bonds is 6. The molecule has 0 amide bonds. The summed E-state index contributed by atoms with van der Waals surface area (Å²) in [6.07, 6.45) is 7.76. The number of benzene rings is 1. The average Bonchev–Trinajstić information content (AvgIpc) is 3.18. The third-order valence-electron chi connectivity index (χ3n) is 2.74. The second-order valence-electron chi connectivity index (χ2n) is 4.12. The van der Waals surface area contributed by atoms with Gasteiger partial charge in [0.25, 0.3) is 0 Å². The first-order valence-electron chi connectivity index (χ1n) is 5.80. The molecule has 0 unspecified atom stereocenters. The topological polar surface area (TPSA) is 30.5 Å². The maximum absolute atomic E-state index is 5.53. The van der Waals surface area contributed by atoms with E-state index in [4.69, 9.17) is 15.9 Å². The fourth-order valence-electron chi connectivity index (χ4n) is 1.60. The molecular weight excluding hydrogens is 214 g/mol. The molecule has 0 atom stereocenters. The molecule has 0 spiro atoms. The molecule has 0 saturated heterocycles. The summed E-state index contributed by atoms with van der Waals surface area (Å²) in [5.41, 5.74) is 1.12. The molecule has 1 fully saturated rings. The average molecular weight is 231 g/mol. The number of hydrogen-bond donors (Lipinski definition) is 1. The molecular formula is C14H17NO2. The van der Waals surface area contributed by atoms with Crippen LogP contribution >= 0.6 is 0 Å². The maximum atomic E-state index is 5.53. The van der Waals surface area contributed by atoms with Gasteiger partial charge >= 0.3 is 0 Å². The van der Waals surface area contributed by atoms with Crippen LogP contribution in [0.2, 0.25) is 0 Å². The van der Waals surface area contributed by atoms with Crippen molar-refractivity contribution in [1.29, 1.82) is 0 Å². The predicted molar refractivity (Wildman–Crippen MR) is 67.2 cm³/mol. The van der Waals surface area contributed by atoms with E-state index >= 15 is 0 Å². The van der Waals surface area contributed by atoms with Crippen molar-refractivity contribution in [3.05, 3.63) is 23.8 Å². The van der Waals surface area contributed by atoms with Crippen molar-refractivity contribution in [2.75, 3.05) is 13.7 Å². The zero-order chi connectivity index (χ0) is 12.1. The summed E-state index contributed by atoms with van der Waals surface area (Å²) in [6.45, 7) is 1.10. The highest BCUT2D eigenvalue weighted by Gasteiger charge is 2.20. The van der Waals surface area contributed by atoms with Gasteiger partial charge < -0.3 is 14.8 Å². The van der Waals surface area contributed by atoms with E-state index in [1.54, 1.807) is 7.11 Å². The van der Waals surface area contributed by atoms with E-state index in [1.165, 1.54) is 12.8 Å². The molecule has 1 aliphatic rings. The van der Waals surface area contributed by atoms with Crippen molar-refractivity contribution in [3.63, 3.8) is 0 Å². The first-order chi connectivity index (χ1) is 8.33. The largest absolute Gasteiger partial charge is 0.497 e. The number of ether oxygens (including phenoxy) is 2. The summed E-state index contributed by atoms with van der Waals surface area (Å²) >= 11 is 0. The van der Waals surface area contributed by atoms with Gasteiger partial charge in [-0.3, -0.25) is 0 Å². The molecule has 0 aliphatic heterocycles. The predicted octanol–water partition coefficient (Wildman–Crippen LogP) is 1.96. The third-order valence-corrected chi connectivity index (χ3v) is 2.74. The van der Waals surface area contributed by atoms with Gasteiger partial charge in [-0.25, -0.2) is 0 Å². The van der Waals surface area contributed by atoms with Crippen LogP contribution in [0.5, 0.6) is 11.5 Å². The number of terminal acetylenes is 1. The standard InChI is InChI=1S/C14H17NO2/c1-3-8-17-14-9-13(16-2)7-4-11(14)10-15-12-5-6-12/h1,4,7,9,12,15H,5-6,8,10H2,2H3. The Morgan fingerprint density at radius 3 is 2.94 bits per heavy atom. The van der Waals surface area contributed by atoms with Crippen LogP contribution in [0.4, 0.5) is 0 Å². The summed E-state index contributed by atoms with van der Waals surface area (Å²) in [7, 11) is 1.64. The van der Waals surface area contributed by atoms with Crippen LogP contribution in [-0.4, -0.2) is 19.8 Å². The maximum Gasteiger partial charge on any atom is 0.148 e. The minimum atomic E-state index is 0.281. The lowest BCUT2D eigenvalue weighted by Crippen LogP contribution is -2.16. The van der Waals surface area contributed by atoms with Crippen molar-refractivity contribution in [2.24, 2.45) is 0 Å². The van der Waals surface area contributed by atoms with Crippen molar-refractivity contribution >= 4 is 0 Å². The van der Waals surface area contributed by atoms with Gasteiger partial charge in [-0.05, 0) is 18.9 Å². The molecule has 1 aromatic rings. The summed E-state index contributed by atoms with van der Waals surface area (Å²) in [4.78, 5) is 0. The van der Waals surface area contributed by atoms with Crippen molar-refractivity contribution in [1.82, 2.24) is 5.32 Å². The summed E-state index contributed by atoms with van der Waals surface area (Å²) in [6, 6.07) is 6.51. The molecule has 0 radical (unpaired) electrons. The molecule has 1 aliphatic carbocycles. The second-order valence-corrected chi connectivity index (χ2v) is 4.12. The van der Waals surface area contributed by atoms with Crippen molar-refractivity contribution in [3.8, 4) is 23.8 Å². The minimum absolute atomic E-state index is 0.281. The highest BCUT2D eigenvalue weighted by atomic mass is 16.5. The minimum Gasteiger partial charge on any atom is -0.497 e. The Labute approximate surface area is 102 Å². The number of methoxy groups -OCH3 is 1. The molecule has 0 heterocycles. The van der Waals surface area contributed by atoms with Crippen LogP contribution in [0.3, 0.4) is 0 Å². The van der Waals surface area contributed by atoms with E-state index in [9.17, 15) is 0 Å². The Bertz CT molecular complexity index is 419. The Kier molecular flexibility index (Phi) is 3.89. The molecule has 1 N–H and O–H groups in total. The highest BCUT2D eigenvalue weighted by Crippen LogP contribution is 2.26.